The Hall–Kier alpha value is -1.87. The lowest BCUT2D eigenvalue weighted by Gasteiger charge is -2.35. The molecule has 2 N–H and O–H groups in total. The molecule has 3 atom stereocenters. The molecule has 1 aliphatic carbocycles. The second-order valence-electron chi connectivity index (χ2n) is 12.8. The number of fused-ring (bicyclic) bond motifs is 1. The van der Waals surface area contributed by atoms with E-state index in [1.807, 2.05) is 0 Å². The van der Waals surface area contributed by atoms with Gasteiger partial charge in [0.1, 0.15) is 12.4 Å². The lowest BCUT2D eigenvalue weighted by Crippen LogP contribution is -2.47. The quantitative estimate of drug-likeness (QED) is 0.387. The predicted molar refractivity (Wildman–Crippen MR) is 152 cm³/mol. The number of ether oxygens (including phenoxy) is 4. The molecule has 1 spiro atoms. The second-order valence-corrected chi connectivity index (χ2v) is 12.8. The summed E-state index contributed by atoms with van der Waals surface area (Å²) in [7, 11) is 1.75. The highest BCUT2D eigenvalue weighted by Crippen LogP contribution is 2.58. The summed E-state index contributed by atoms with van der Waals surface area (Å²) in [6.45, 7) is 11.5. The van der Waals surface area contributed by atoms with Crippen molar-refractivity contribution >= 4 is 11.6 Å². The van der Waals surface area contributed by atoms with E-state index in [0.717, 1.165) is 103 Å². The monoisotopic (exact) mass is 543 g/mol. The number of hydrogen-bond acceptors (Lipinski definition) is 7. The van der Waals surface area contributed by atoms with Crippen LogP contribution in [0.5, 0.6) is 5.75 Å². The van der Waals surface area contributed by atoms with Gasteiger partial charge in [0.15, 0.2) is 0 Å². The standard InChI is InChI=1S/C31H49N3O5/c1-30(2,29(35)33-20-24-18-31(24)9-14-37-15-10-31)19-25-6-7-26(21-32-25)39-22-23-5-8-28-27(17-23)34(12-16-38-28)11-4-13-36-3/h5,8,17,24-26,32H,4,6-7,9-16,18-22H2,1-3H3,(H,33,35)/t24-,25-,26+/m0/s1. The summed E-state index contributed by atoms with van der Waals surface area (Å²) in [6, 6.07) is 6.75. The maximum absolute atomic E-state index is 13.1. The predicted octanol–water partition coefficient (Wildman–Crippen LogP) is 3.91. The van der Waals surface area contributed by atoms with Gasteiger partial charge >= 0.3 is 0 Å². The Kier molecular flexibility index (Phi) is 9.37. The topological polar surface area (TPSA) is 81.3 Å². The molecule has 8 heteroatoms. The van der Waals surface area contributed by atoms with Crippen molar-refractivity contribution in [2.45, 2.75) is 77.5 Å². The molecular formula is C31H49N3O5. The van der Waals surface area contributed by atoms with E-state index >= 15 is 0 Å². The van der Waals surface area contributed by atoms with Gasteiger partial charge in [-0.15, -0.1) is 0 Å². The average Bonchev–Trinajstić information content (AvgIpc) is 3.62. The van der Waals surface area contributed by atoms with E-state index in [1.54, 1.807) is 7.11 Å². The number of rotatable bonds is 12. The smallest absolute Gasteiger partial charge is 0.225 e. The zero-order chi connectivity index (χ0) is 27.3. The molecule has 8 nitrogen and oxygen atoms in total. The van der Waals surface area contributed by atoms with Crippen LogP contribution in [-0.4, -0.2) is 77.8 Å². The molecule has 0 bridgehead atoms. The van der Waals surface area contributed by atoms with Crippen LogP contribution in [0.25, 0.3) is 0 Å². The van der Waals surface area contributed by atoms with E-state index < -0.39 is 0 Å². The highest BCUT2D eigenvalue weighted by Gasteiger charge is 2.54. The molecule has 2 saturated heterocycles. The Morgan fingerprint density at radius 2 is 2.08 bits per heavy atom. The summed E-state index contributed by atoms with van der Waals surface area (Å²) in [5.41, 5.74) is 2.40. The van der Waals surface area contributed by atoms with Gasteiger partial charge in [0.25, 0.3) is 0 Å². The molecule has 1 saturated carbocycles. The fourth-order valence-corrected chi connectivity index (χ4v) is 6.73. The van der Waals surface area contributed by atoms with Crippen LogP contribution < -0.4 is 20.3 Å². The number of anilines is 1. The summed E-state index contributed by atoms with van der Waals surface area (Å²) in [6.07, 6.45) is 7.63. The van der Waals surface area contributed by atoms with E-state index in [0.29, 0.717) is 24.0 Å². The molecule has 1 aromatic rings. The third-order valence-corrected chi connectivity index (χ3v) is 9.44. The Morgan fingerprint density at radius 1 is 1.23 bits per heavy atom. The number of nitrogens with zero attached hydrogens (tertiary/aromatic N) is 1. The van der Waals surface area contributed by atoms with Crippen molar-refractivity contribution in [1.29, 1.82) is 0 Å². The minimum absolute atomic E-state index is 0.185. The fourth-order valence-electron chi connectivity index (χ4n) is 6.73. The zero-order valence-corrected chi connectivity index (χ0v) is 24.3. The molecule has 0 aromatic heterocycles. The molecule has 4 aliphatic rings. The van der Waals surface area contributed by atoms with Crippen molar-refractivity contribution in [3.63, 3.8) is 0 Å². The molecule has 0 unspecified atom stereocenters. The maximum atomic E-state index is 13.1. The van der Waals surface area contributed by atoms with Crippen LogP contribution in [0.1, 0.15) is 64.4 Å². The number of benzene rings is 1. The molecule has 1 amide bonds. The van der Waals surface area contributed by atoms with E-state index in [9.17, 15) is 4.79 Å². The summed E-state index contributed by atoms with van der Waals surface area (Å²) >= 11 is 0. The van der Waals surface area contributed by atoms with Crippen molar-refractivity contribution < 1.29 is 23.7 Å². The van der Waals surface area contributed by atoms with E-state index in [4.69, 9.17) is 18.9 Å². The van der Waals surface area contributed by atoms with Crippen LogP contribution in [0.15, 0.2) is 18.2 Å². The molecule has 1 aromatic carbocycles. The lowest BCUT2D eigenvalue weighted by molar-refractivity contribution is -0.130. The Bertz CT molecular complexity index is 956. The van der Waals surface area contributed by atoms with Crippen molar-refractivity contribution in [2.75, 3.05) is 64.6 Å². The molecule has 0 radical (unpaired) electrons. The lowest BCUT2D eigenvalue weighted by atomic mass is 9.82. The molecule has 39 heavy (non-hydrogen) atoms. The van der Waals surface area contributed by atoms with Gasteiger partial charge in [-0.2, -0.15) is 0 Å². The van der Waals surface area contributed by atoms with Crippen LogP contribution in [0.4, 0.5) is 5.69 Å². The minimum atomic E-state index is -0.385. The van der Waals surface area contributed by atoms with Crippen LogP contribution in [0.2, 0.25) is 0 Å². The largest absolute Gasteiger partial charge is 0.490 e. The third kappa shape index (κ3) is 7.26. The van der Waals surface area contributed by atoms with Gasteiger partial charge in [-0.05, 0) is 74.0 Å². The van der Waals surface area contributed by atoms with Crippen LogP contribution in [0, 0.1) is 16.7 Å². The first-order valence-corrected chi connectivity index (χ1v) is 15.1. The number of methoxy groups -OCH3 is 1. The average molecular weight is 544 g/mol. The summed E-state index contributed by atoms with van der Waals surface area (Å²) in [4.78, 5) is 15.4. The highest BCUT2D eigenvalue weighted by atomic mass is 16.5. The minimum Gasteiger partial charge on any atom is -0.490 e. The van der Waals surface area contributed by atoms with Gasteiger partial charge in [-0.25, -0.2) is 0 Å². The van der Waals surface area contributed by atoms with E-state index in [2.05, 4.69) is 47.6 Å². The van der Waals surface area contributed by atoms with Gasteiger partial charge in [0, 0.05) is 58.0 Å². The Balaban J connectivity index is 1.03. The van der Waals surface area contributed by atoms with Crippen LogP contribution >= 0.6 is 0 Å². The molecule has 3 aliphatic heterocycles. The number of amides is 1. The normalized spacial score (nSPS) is 26.1. The number of nitrogens with one attached hydrogen (secondary N) is 2. The van der Waals surface area contributed by atoms with Gasteiger partial charge in [0.2, 0.25) is 5.91 Å². The van der Waals surface area contributed by atoms with Gasteiger partial charge in [-0.3, -0.25) is 4.79 Å². The number of piperidine rings is 1. The first-order valence-electron chi connectivity index (χ1n) is 15.1. The van der Waals surface area contributed by atoms with Gasteiger partial charge in [0.05, 0.1) is 24.9 Å². The summed E-state index contributed by atoms with van der Waals surface area (Å²) in [5, 5.41) is 6.95. The van der Waals surface area contributed by atoms with E-state index in [1.165, 1.54) is 12.0 Å². The van der Waals surface area contributed by atoms with Crippen LogP contribution in [0.3, 0.4) is 0 Å². The van der Waals surface area contributed by atoms with Gasteiger partial charge < -0.3 is 34.5 Å². The third-order valence-electron chi connectivity index (χ3n) is 9.44. The van der Waals surface area contributed by atoms with Crippen molar-refractivity contribution in [1.82, 2.24) is 10.6 Å². The number of hydrogen-bond donors (Lipinski definition) is 2. The summed E-state index contributed by atoms with van der Waals surface area (Å²) in [5.74, 6) is 1.77. The van der Waals surface area contributed by atoms with Gasteiger partial charge in [-0.1, -0.05) is 19.9 Å². The van der Waals surface area contributed by atoms with Crippen molar-refractivity contribution in [2.24, 2.45) is 16.7 Å². The Labute approximate surface area is 234 Å². The first kappa shape index (κ1) is 28.7. The fraction of sp³-hybridized carbons (Fsp3) is 0.774. The van der Waals surface area contributed by atoms with Crippen molar-refractivity contribution in [3.05, 3.63) is 23.8 Å². The molecule has 3 fully saturated rings. The second kappa shape index (κ2) is 12.8. The first-order chi connectivity index (χ1) is 18.9. The molecule has 3 heterocycles. The van der Waals surface area contributed by atoms with E-state index in [-0.39, 0.29) is 17.4 Å². The Morgan fingerprint density at radius 3 is 2.85 bits per heavy atom. The number of carbonyl (C=O) groups excluding carboxylic acids is 1. The SMILES string of the molecule is COCCCN1CCOc2ccc(CO[C@@H]3CC[C@@H](CC(C)(C)C(=O)NC[C@@H]4CC45CCOCC5)NC3)cc21. The molecule has 218 valence electrons. The number of carbonyl (C=O) groups is 1. The van der Waals surface area contributed by atoms with Crippen LogP contribution in [-0.2, 0) is 25.6 Å². The highest BCUT2D eigenvalue weighted by molar-refractivity contribution is 5.81. The van der Waals surface area contributed by atoms with Crippen molar-refractivity contribution in [3.8, 4) is 5.75 Å². The molecule has 5 rings (SSSR count). The summed E-state index contributed by atoms with van der Waals surface area (Å²) < 4.78 is 23.0. The maximum Gasteiger partial charge on any atom is 0.225 e. The zero-order valence-electron chi connectivity index (χ0n) is 24.3. The molecular weight excluding hydrogens is 494 g/mol.